The summed E-state index contributed by atoms with van der Waals surface area (Å²) in [5.74, 6) is 1.35. The van der Waals surface area contributed by atoms with Gasteiger partial charge in [-0.25, -0.2) is 4.39 Å². The van der Waals surface area contributed by atoms with Crippen molar-refractivity contribution in [2.24, 2.45) is 4.99 Å². The smallest absolute Gasteiger partial charge is 0.191 e. The molecule has 2 aromatic rings. The molecule has 3 rings (SSSR count). The van der Waals surface area contributed by atoms with Gasteiger partial charge in [0.1, 0.15) is 11.6 Å². The molecule has 29 heavy (non-hydrogen) atoms. The third kappa shape index (κ3) is 6.64. The molecule has 1 heterocycles. The fraction of sp³-hybridized carbons (Fsp3) is 0.409. The number of hydrogen-bond acceptors (Lipinski definition) is 4. The quantitative estimate of drug-likeness (QED) is 0.405. The van der Waals surface area contributed by atoms with E-state index in [4.69, 9.17) is 9.47 Å². The Hall–Kier alpha value is -2.80. The van der Waals surface area contributed by atoms with E-state index in [1.54, 1.807) is 13.1 Å². The number of nitrogens with one attached hydrogen (secondary N) is 2. The largest absolute Gasteiger partial charge is 0.494 e. The molecule has 7 heteroatoms. The van der Waals surface area contributed by atoms with E-state index in [2.05, 4.69) is 15.6 Å². The number of morpholine rings is 1. The lowest BCUT2D eigenvalue weighted by molar-refractivity contribution is 0.122. The molecule has 0 aromatic heterocycles. The third-order valence-electron chi connectivity index (χ3n) is 4.67. The van der Waals surface area contributed by atoms with Crippen LogP contribution in [-0.2, 0) is 11.3 Å². The van der Waals surface area contributed by atoms with Gasteiger partial charge in [0.05, 0.1) is 25.5 Å². The van der Waals surface area contributed by atoms with Gasteiger partial charge in [-0.2, -0.15) is 0 Å². The van der Waals surface area contributed by atoms with Gasteiger partial charge in [-0.1, -0.05) is 24.3 Å². The standard InChI is InChI=1S/C22H29FN4O2/c1-24-22(25-10-5-13-29-19-6-3-2-4-7-19)26-17-18-8-9-21(20(23)16-18)27-11-14-28-15-12-27/h2-4,6-9,16H,5,10-15,17H2,1H3,(H2,24,25,26). The van der Waals surface area contributed by atoms with Crippen LogP contribution in [0.1, 0.15) is 12.0 Å². The fourth-order valence-corrected chi connectivity index (χ4v) is 3.11. The molecule has 1 saturated heterocycles. The summed E-state index contributed by atoms with van der Waals surface area (Å²) in [7, 11) is 1.72. The summed E-state index contributed by atoms with van der Waals surface area (Å²) in [5.41, 5.74) is 1.51. The Balaban J connectivity index is 1.39. The lowest BCUT2D eigenvalue weighted by Gasteiger charge is -2.29. The zero-order valence-corrected chi connectivity index (χ0v) is 16.9. The van der Waals surface area contributed by atoms with Crippen molar-refractivity contribution in [3.8, 4) is 5.75 Å². The van der Waals surface area contributed by atoms with Gasteiger partial charge in [0.2, 0.25) is 0 Å². The maximum Gasteiger partial charge on any atom is 0.191 e. The van der Waals surface area contributed by atoms with Gasteiger partial charge in [-0.3, -0.25) is 4.99 Å². The summed E-state index contributed by atoms with van der Waals surface area (Å²) in [6.45, 7) is 4.58. The topological polar surface area (TPSA) is 58.1 Å². The van der Waals surface area contributed by atoms with Crippen molar-refractivity contribution in [2.45, 2.75) is 13.0 Å². The monoisotopic (exact) mass is 400 g/mol. The van der Waals surface area contributed by atoms with Gasteiger partial charge >= 0.3 is 0 Å². The van der Waals surface area contributed by atoms with Crippen LogP contribution in [0.2, 0.25) is 0 Å². The number of nitrogens with zero attached hydrogens (tertiary/aromatic N) is 2. The molecule has 0 atom stereocenters. The van der Waals surface area contributed by atoms with Crippen molar-refractivity contribution in [2.75, 3.05) is 51.4 Å². The highest BCUT2D eigenvalue weighted by atomic mass is 19.1. The Morgan fingerprint density at radius 2 is 1.93 bits per heavy atom. The van der Waals surface area contributed by atoms with Crippen molar-refractivity contribution >= 4 is 11.6 Å². The van der Waals surface area contributed by atoms with Crippen LogP contribution in [0, 0.1) is 5.82 Å². The van der Waals surface area contributed by atoms with Gasteiger partial charge < -0.3 is 25.0 Å². The summed E-state index contributed by atoms with van der Waals surface area (Å²) >= 11 is 0. The maximum atomic E-state index is 14.5. The molecule has 1 fully saturated rings. The molecule has 0 saturated carbocycles. The number of halogens is 1. The number of benzene rings is 2. The molecular weight excluding hydrogens is 371 g/mol. The molecule has 0 unspecified atom stereocenters. The Morgan fingerprint density at radius 1 is 1.14 bits per heavy atom. The van der Waals surface area contributed by atoms with Gasteiger partial charge in [0, 0.05) is 33.2 Å². The summed E-state index contributed by atoms with van der Waals surface area (Å²) in [5, 5.41) is 6.46. The Bertz CT molecular complexity index is 780. The second-order valence-corrected chi connectivity index (χ2v) is 6.75. The van der Waals surface area contributed by atoms with Crippen molar-refractivity contribution in [3.63, 3.8) is 0 Å². The molecule has 1 aliphatic heterocycles. The van der Waals surface area contributed by atoms with E-state index in [1.807, 2.05) is 47.4 Å². The molecule has 0 radical (unpaired) electrons. The van der Waals surface area contributed by atoms with E-state index in [0.29, 0.717) is 38.0 Å². The molecule has 2 aromatic carbocycles. The second-order valence-electron chi connectivity index (χ2n) is 6.75. The lowest BCUT2D eigenvalue weighted by atomic mass is 10.1. The minimum absolute atomic E-state index is 0.202. The van der Waals surface area contributed by atoms with Crippen LogP contribution in [0.5, 0.6) is 5.75 Å². The zero-order chi connectivity index (χ0) is 20.3. The SMILES string of the molecule is CN=C(NCCCOc1ccccc1)NCc1ccc(N2CCOCC2)c(F)c1. The van der Waals surface area contributed by atoms with Crippen LogP contribution in [0.25, 0.3) is 0 Å². The van der Waals surface area contributed by atoms with Crippen molar-refractivity contribution < 1.29 is 13.9 Å². The third-order valence-corrected chi connectivity index (χ3v) is 4.67. The number of para-hydroxylation sites is 1. The van der Waals surface area contributed by atoms with Crippen LogP contribution in [-0.4, -0.2) is 52.5 Å². The first-order valence-corrected chi connectivity index (χ1v) is 10.00. The molecular formula is C22H29FN4O2. The summed E-state index contributed by atoms with van der Waals surface area (Å²) in [6, 6.07) is 15.1. The predicted molar refractivity (Wildman–Crippen MR) is 114 cm³/mol. The highest BCUT2D eigenvalue weighted by Crippen LogP contribution is 2.21. The molecule has 1 aliphatic rings. The summed E-state index contributed by atoms with van der Waals surface area (Å²) in [6.07, 6.45) is 0.846. The molecule has 0 aliphatic carbocycles. The molecule has 2 N–H and O–H groups in total. The summed E-state index contributed by atoms with van der Waals surface area (Å²) < 4.78 is 25.5. The number of rotatable bonds is 8. The van der Waals surface area contributed by atoms with Crippen molar-refractivity contribution in [1.29, 1.82) is 0 Å². The highest BCUT2D eigenvalue weighted by Gasteiger charge is 2.15. The average molecular weight is 400 g/mol. The van der Waals surface area contributed by atoms with E-state index in [-0.39, 0.29) is 5.82 Å². The van der Waals surface area contributed by atoms with Crippen molar-refractivity contribution in [3.05, 3.63) is 59.9 Å². The maximum absolute atomic E-state index is 14.5. The van der Waals surface area contributed by atoms with E-state index >= 15 is 0 Å². The van der Waals surface area contributed by atoms with Crippen LogP contribution < -0.4 is 20.3 Å². The fourth-order valence-electron chi connectivity index (χ4n) is 3.11. The van der Waals surface area contributed by atoms with Crippen LogP contribution in [0.15, 0.2) is 53.5 Å². The van der Waals surface area contributed by atoms with Gasteiger partial charge in [0.15, 0.2) is 5.96 Å². The molecule has 156 valence electrons. The first-order valence-electron chi connectivity index (χ1n) is 10.00. The Kier molecular flexibility index (Phi) is 8.12. The van der Waals surface area contributed by atoms with Gasteiger partial charge in [0.25, 0.3) is 0 Å². The summed E-state index contributed by atoms with van der Waals surface area (Å²) in [4.78, 5) is 6.23. The van der Waals surface area contributed by atoms with E-state index in [1.165, 1.54) is 0 Å². The number of guanidine groups is 1. The predicted octanol–water partition coefficient (Wildman–Crippen LogP) is 2.80. The lowest BCUT2D eigenvalue weighted by Crippen LogP contribution is -2.38. The minimum atomic E-state index is -0.202. The minimum Gasteiger partial charge on any atom is -0.494 e. The number of aliphatic imine (C=N–C) groups is 1. The van der Waals surface area contributed by atoms with Gasteiger partial charge in [-0.15, -0.1) is 0 Å². The first-order chi connectivity index (χ1) is 14.3. The Labute approximate surface area is 171 Å². The average Bonchev–Trinajstić information content (AvgIpc) is 2.77. The Morgan fingerprint density at radius 3 is 2.66 bits per heavy atom. The van der Waals surface area contributed by atoms with E-state index < -0.39 is 0 Å². The normalized spacial score (nSPS) is 14.6. The molecule has 0 amide bonds. The van der Waals surface area contributed by atoms with Crippen LogP contribution in [0.4, 0.5) is 10.1 Å². The van der Waals surface area contributed by atoms with Crippen LogP contribution in [0.3, 0.4) is 0 Å². The van der Waals surface area contributed by atoms with E-state index in [9.17, 15) is 4.39 Å². The highest BCUT2D eigenvalue weighted by molar-refractivity contribution is 5.79. The second kappa shape index (κ2) is 11.3. The molecule has 0 spiro atoms. The van der Waals surface area contributed by atoms with Gasteiger partial charge in [-0.05, 0) is 36.2 Å². The van der Waals surface area contributed by atoms with E-state index in [0.717, 1.165) is 37.4 Å². The van der Waals surface area contributed by atoms with Crippen molar-refractivity contribution in [1.82, 2.24) is 10.6 Å². The molecule has 0 bridgehead atoms. The first kappa shape index (κ1) is 20.9. The van der Waals surface area contributed by atoms with Crippen LogP contribution >= 0.6 is 0 Å². The number of hydrogen-bond donors (Lipinski definition) is 2. The number of ether oxygens (including phenoxy) is 2. The number of anilines is 1. The zero-order valence-electron chi connectivity index (χ0n) is 16.9. The molecule has 6 nitrogen and oxygen atoms in total.